The minimum atomic E-state index is 0.291. The van der Waals surface area contributed by atoms with Crippen LogP contribution in [-0.4, -0.2) is 15.9 Å². The third kappa shape index (κ3) is 2.04. The van der Waals surface area contributed by atoms with E-state index < -0.39 is 0 Å². The first-order valence-electron chi connectivity index (χ1n) is 5.54. The minimum Gasteiger partial charge on any atom is -0.269 e. The van der Waals surface area contributed by atoms with Crippen LogP contribution in [0.5, 0.6) is 0 Å². The van der Waals surface area contributed by atoms with Crippen LogP contribution in [0.4, 0.5) is 5.82 Å². The van der Waals surface area contributed by atoms with E-state index in [1.807, 2.05) is 7.05 Å². The highest BCUT2D eigenvalue weighted by Gasteiger charge is 2.24. The molecule has 0 N–H and O–H groups in total. The molecule has 2 rings (SSSR count). The predicted molar refractivity (Wildman–Crippen MR) is 61.8 cm³/mol. The van der Waals surface area contributed by atoms with Gasteiger partial charge in [-0.2, -0.15) is 5.10 Å². The third-order valence-corrected chi connectivity index (χ3v) is 3.52. The maximum absolute atomic E-state index is 10.2. The summed E-state index contributed by atoms with van der Waals surface area (Å²) >= 11 is 6.19. The molecule has 4 nitrogen and oxygen atoms in total. The van der Waals surface area contributed by atoms with Crippen molar-refractivity contribution in [3.8, 4) is 0 Å². The molecule has 1 aliphatic carbocycles. The van der Waals surface area contributed by atoms with Crippen LogP contribution in [0.25, 0.3) is 0 Å². The van der Waals surface area contributed by atoms with Gasteiger partial charge in [0.25, 0.3) is 0 Å². The molecule has 1 fully saturated rings. The summed E-state index contributed by atoms with van der Waals surface area (Å²) in [4.78, 5) is 13.7. The number of carbonyl (C=O) groups excluding carboxylic acids is 1. The van der Waals surface area contributed by atoms with E-state index in [1.165, 1.54) is 25.3 Å². The topological polar surface area (TPSA) is 47.2 Å². The molecule has 0 unspecified atom stereocenters. The molecular formula is C11H14ClN3O. The summed E-state index contributed by atoms with van der Waals surface area (Å²) in [5.74, 6) is 0.745. The highest BCUT2D eigenvalue weighted by molar-refractivity contribution is 6.33. The van der Waals surface area contributed by atoms with E-state index in [4.69, 9.17) is 11.6 Å². The number of isocyanates is 1. The zero-order valence-corrected chi connectivity index (χ0v) is 10.00. The Morgan fingerprint density at radius 3 is 2.75 bits per heavy atom. The highest BCUT2D eigenvalue weighted by Crippen LogP contribution is 2.39. The molecule has 0 amide bonds. The zero-order chi connectivity index (χ0) is 11.5. The molecule has 0 aliphatic heterocycles. The molecule has 5 heteroatoms. The Labute approximate surface area is 99.3 Å². The van der Waals surface area contributed by atoms with Crippen LogP contribution in [0.2, 0.25) is 5.02 Å². The Balaban J connectivity index is 2.35. The summed E-state index contributed by atoms with van der Waals surface area (Å²) in [6.45, 7) is 0. The zero-order valence-electron chi connectivity index (χ0n) is 9.24. The summed E-state index contributed by atoms with van der Waals surface area (Å²) in [6.07, 6.45) is 7.53. The number of aryl methyl sites for hydroxylation is 1. The van der Waals surface area contributed by atoms with Gasteiger partial charge in [0.1, 0.15) is 5.02 Å². The minimum absolute atomic E-state index is 0.291. The molecule has 0 radical (unpaired) electrons. The fraction of sp³-hybridized carbons (Fsp3) is 0.636. The Kier molecular flexibility index (Phi) is 3.42. The largest absolute Gasteiger partial charge is 0.269 e. The fourth-order valence-corrected chi connectivity index (χ4v) is 2.79. The number of hydrogen-bond donors (Lipinski definition) is 0. The summed E-state index contributed by atoms with van der Waals surface area (Å²) in [5.41, 5.74) is 1.01. The van der Waals surface area contributed by atoms with Crippen molar-refractivity contribution in [1.29, 1.82) is 0 Å². The smallest absolute Gasteiger partial charge is 0.242 e. The van der Waals surface area contributed by atoms with Crippen LogP contribution >= 0.6 is 11.6 Å². The van der Waals surface area contributed by atoms with Crippen molar-refractivity contribution in [3.63, 3.8) is 0 Å². The lowest BCUT2D eigenvalue weighted by atomic mass is 9.87. The van der Waals surface area contributed by atoms with Gasteiger partial charge in [-0.3, -0.25) is 4.68 Å². The van der Waals surface area contributed by atoms with Gasteiger partial charge in [0.15, 0.2) is 0 Å². The molecule has 16 heavy (non-hydrogen) atoms. The van der Waals surface area contributed by atoms with Crippen LogP contribution in [0.15, 0.2) is 4.99 Å². The van der Waals surface area contributed by atoms with Crippen LogP contribution in [-0.2, 0) is 11.8 Å². The maximum atomic E-state index is 10.2. The molecule has 0 aromatic carbocycles. The molecule has 1 aromatic rings. The van der Waals surface area contributed by atoms with Crippen LogP contribution < -0.4 is 0 Å². The summed E-state index contributed by atoms with van der Waals surface area (Å²) in [5, 5.41) is 4.64. The second kappa shape index (κ2) is 4.81. The molecular weight excluding hydrogens is 226 g/mol. The van der Waals surface area contributed by atoms with E-state index in [0.717, 1.165) is 18.5 Å². The number of hydrogen-bond acceptors (Lipinski definition) is 3. The number of rotatable bonds is 2. The van der Waals surface area contributed by atoms with E-state index >= 15 is 0 Å². The number of nitrogens with zero attached hydrogens (tertiary/aromatic N) is 3. The van der Waals surface area contributed by atoms with E-state index in [-0.39, 0.29) is 0 Å². The SMILES string of the molecule is Cn1nc(N=C=O)c(Cl)c1C1CCCCC1. The summed E-state index contributed by atoms with van der Waals surface area (Å²) in [7, 11) is 1.85. The lowest BCUT2D eigenvalue weighted by Gasteiger charge is -2.21. The first-order valence-corrected chi connectivity index (χ1v) is 5.92. The Morgan fingerprint density at radius 1 is 1.44 bits per heavy atom. The van der Waals surface area contributed by atoms with Crippen molar-refractivity contribution in [2.45, 2.75) is 38.0 Å². The Hall–Kier alpha value is -1.12. The predicted octanol–water partition coefficient (Wildman–Crippen LogP) is 3.09. The van der Waals surface area contributed by atoms with Crippen molar-refractivity contribution in [1.82, 2.24) is 9.78 Å². The van der Waals surface area contributed by atoms with Crippen molar-refractivity contribution >= 4 is 23.5 Å². The van der Waals surface area contributed by atoms with Gasteiger partial charge in [-0.15, -0.1) is 4.99 Å². The number of aromatic nitrogens is 2. The molecule has 1 aromatic heterocycles. The standard InChI is InChI=1S/C11H14ClN3O/c1-15-10(8-5-3-2-4-6-8)9(12)11(14-15)13-7-16/h8H,2-6H2,1H3. The average Bonchev–Trinajstić information content (AvgIpc) is 2.56. The maximum Gasteiger partial charge on any atom is 0.242 e. The average molecular weight is 240 g/mol. The quantitative estimate of drug-likeness (QED) is 0.588. The highest BCUT2D eigenvalue weighted by atomic mass is 35.5. The van der Waals surface area contributed by atoms with E-state index in [1.54, 1.807) is 4.68 Å². The van der Waals surface area contributed by atoms with Gasteiger partial charge >= 0.3 is 0 Å². The van der Waals surface area contributed by atoms with Crippen molar-refractivity contribution in [2.75, 3.05) is 0 Å². The molecule has 1 aliphatic rings. The fourth-order valence-electron chi connectivity index (χ4n) is 2.43. The van der Waals surface area contributed by atoms with Crippen LogP contribution in [0.3, 0.4) is 0 Å². The second-order valence-electron chi connectivity index (χ2n) is 4.18. The van der Waals surface area contributed by atoms with Gasteiger partial charge in [-0.05, 0) is 12.8 Å². The molecule has 1 saturated carbocycles. The molecule has 1 heterocycles. The Bertz CT molecular complexity index is 429. The van der Waals surface area contributed by atoms with Gasteiger partial charge in [-0.1, -0.05) is 30.9 Å². The van der Waals surface area contributed by atoms with Crippen molar-refractivity contribution in [2.24, 2.45) is 12.0 Å². The second-order valence-corrected chi connectivity index (χ2v) is 4.56. The van der Waals surface area contributed by atoms with Crippen LogP contribution in [0.1, 0.15) is 43.7 Å². The summed E-state index contributed by atoms with van der Waals surface area (Å²) in [6, 6.07) is 0. The van der Waals surface area contributed by atoms with Gasteiger partial charge in [0.2, 0.25) is 11.9 Å². The van der Waals surface area contributed by atoms with E-state index in [0.29, 0.717) is 16.8 Å². The van der Waals surface area contributed by atoms with E-state index in [2.05, 4.69) is 10.1 Å². The van der Waals surface area contributed by atoms with Crippen LogP contribution in [0, 0.1) is 0 Å². The first-order chi connectivity index (χ1) is 7.74. The third-order valence-electron chi connectivity index (χ3n) is 3.16. The normalized spacial score (nSPS) is 17.1. The molecule has 86 valence electrons. The van der Waals surface area contributed by atoms with E-state index in [9.17, 15) is 4.79 Å². The molecule has 0 bridgehead atoms. The molecule has 0 atom stereocenters. The van der Waals surface area contributed by atoms with Gasteiger partial charge in [-0.25, -0.2) is 4.79 Å². The monoisotopic (exact) mass is 239 g/mol. The van der Waals surface area contributed by atoms with Crippen molar-refractivity contribution < 1.29 is 4.79 Å². The van der Waals surface area contributed by atoms with Gasteiger partial charge in [0, 0.05) is 13.0 Å². The molecule has 0 spiro atoms. The lowest BCUT2D eigenvalue weighted by Crippen LogP contribution is -2.09. The summed E-state index contributed by atoms with van der Waals surface area (Å²) < 4.78 is 1.74. The van der Waals surface area contributed by atoms with Gasteiger partial charge in [0.05, 0.1) is 5.69 Å². The molecule has 0 saturated heterocycles. The lowest BCUT2D eigenvalue weighted by molar-refractivity contribution is 0.424. The number of aliphatic imine (C=N–C) groups is 1. The number of halogens is 1. The Morgan fingerprint density at radius 2 is 2.12 bits per heavy atom. The first kappa shape index (κ1) is 11.4. The van der Waals surface area contributed by atoms with Gasteiger partial charge < -0.3 is 0 Å². The van der Waals surface area contributed by atoms with Crippen molar-refractivity contribution in [3.05, 3.63) is 10.7 Å².